The summed E-state index contributed by atoms with van der Waals surface area (Å²) in [5.74, 6) is -1.12. The van der Waals surface area contributed by atoms with E-state index < -0.39 is 49.7 Å². The first kappa shape index (κ1) is 42.0. The lowest BCUT2D eigenvalue weighted by Gasteiger charge is -2.21. The van der Waals surface area contributed by atoms with Crippen molar-refractivity contribution in [1.82, 2.24) is 20.0 Å². The average Bonchev–Trinajstić information content (AvgIpc) is 3.33. The zero-order valence-electron chi connectivity index (χ0n) is 29.6. The fourth-order valence-corrected chi connectivity index (χ4v) is 6.35. The Bertz CT molecular complexity index is 1690. The first-order valence-electron chi connectivity index (χ1n) is 17.5. The van der Waals surface area contributed by atoms with E-state index in [2.05, 4.69) is 77.0 Å². The van der Waals surface area contributed by atoms with Crippen molar-refractivity contribution in [2.75, 3.05) is 25.4 Å². The van der Waals surface area contributed by atoms with E-state index in [1.165, 1.54) is 6.07 Å². The minimum absolute atomic E-state index is 0.0214. The van der Waals surface area contributed by atoms with Crippen LogP contribution < -0.4 is 26.4 Å². The van der Waals surface area contributed by atoms with Gasteiger partial charge in [-0.3, -0.25) is 13.9 Å². The van der Waals surface area contributed by atoms with Gasteiger partial charge in [-0.1, -0.05) is 85.9 Å². The second kappa shape index (κ2) is 23.2. The number of carbonyl (C=O) groups excluding carboxylic acids is 1. The number of hydrogen-bond donors (Lipinski definition) is 5. The molecule has 1 aromatic heterocycles. The Morgan fingerprint density at radius 1 is 0.962 bits per heavy atom. The van der Waals surface area contributed by atoms with Crippen LogP contribution in [0.5, 0.6) is 5.75 Å². The van der Waals surface area contributed by atoms with Gasteiger partial charge in [-0.05, 0) is 63.1 Å². The van der Waals surface area contributed by atoms with E-state index in [9.17, 15) is 24.4 Å². The van der Waals surface area contributed by atoms with E-state index in [0.29, 0.717) is 12.8 Å². The topological polar surface area (TPSA) is 178 Å². The van der Waals surface area contributed by atoms with Crippen molar-refractivity contribution in [1.29, 1.82) is 0 Å². The molecule has 3 rings (SSSR count). The molecule has 1 heterocycles. The Labute approximate surface area is 304 Å². The minimum atomic E-state index is -4.21. The lowest BCUT2D eigenvalue weighted by Crippen LogP contribution is -2.36. The molecule has 0 bridgehead atoms. The van der Waals surface area contributed by atoms with Gasteiger partial charge in [-0.25, -0.2) is 18.8 Å². The molecule has 0 saturated heterocycles. The number of para-hydroxylation sites is 1. The molecule has 1 amide bonds. The maximum atomic E-state index is 15.5. The summed E-state index contributed by atoms with van der Waals surface area (Å²) < 4.78 is 41.1. The van der Waals surface area contributed by atoms with Crippen molar-refractivity contribution >= 4 is 19.5 Å². The number of aliphatic hydroxyl groups is 2. The number of carbonyl (C=O) groups is 1. The van der Waals surface area contributed by atoms with E-state index in [-0.39, 0.29) is 30.6 Å². The van der Waals surface area contributed by atoms with Crippen LogP contribution in [0.25, 0.3) is 0 Å². The molecule has 282 valence electrons. The van der Waals surface area contributed by atoms with Gasteiger partial charge in [0.2, 0.25) is 5.91 Å². The summed E-state index contributed by atoms with van der Waals surface area (Å²) in [7, 11) is -4.21. The number of amides is 1. The van der Waals surface area contributed by atoms with Gasteiger partial charge < -0.3 is 25.8 Å². The first-order valence-corrected chi connectivity index (χ1v) is 19.0. The number of unbranched alkanes of at least 4 members (excludes halogenated alkanes) is 1. The van der Waals surface area contributed by atoms with Crippen LogP contribution in [0.15, 0.2) is 120 Å². The summed E-state index contributed by atoms with van der Waals surface area (Å²) in [6.45, 7) is 1.46. The maximum Gasteiger partial charge on any atom is 0.459 e. The van der Waals surface area contributed by atoms with Crippen LogP contribution in [0.1, 0.15) is 64.3 Å². The minimum Gasteiger partial charge on any atom is -0.413 e. The zero-order valence-corrected chi connectivity index (χ0v) is 30.5. The Morgan fingerprint density at radius 3 is 2.19 bits per heavy atom. The van der Waals surface area contributed by atoms with Crippen LogP contribution in [-0.4, -0.2) is 57.6 Å². The van der Waals surface area contributed by atoms with Crippen LogP contribution >= 0.6 is 7.75 Å². The third-order valence-corrected chi connectivity index (χ3v) is 9.30. The van der Waals surface area contributed by atoms with E-state index in [1.54, 1.807) is 30.3 Å². The molecule has 1 aromatic carbocycles. The molecule has 6 N–H and O–H groups in total. The largest absolute Gasteiger partial charge is 0.459 e. The number of aromatic nitrogens is 2. The van der Waals surface area contributed by atoms with Gasteiger partial charge in [0.1, 0.15) is 35.6 Å². The predicted octanol–water partition coefficient (Wildman–Crippen LogP) is 6.16. The summed E-state index contributed by atoms with van der Waals surface area (Å²) >= 11 is 0. The number of rotatable bonds is 23. The quantitative estimate of drug-likeness (QED) is 0.0504. The first-order chi connectivity index (χ1) is 25.1. The molecular formula is C38H51FN5O7P. The third-order valence-electron chi connectivity index (χ3n) is 7.77. The van der Waals surface area contributed by atoms with Gasteiger partial charge in [0.15, 0.2) is 0 Å². The van der Waals surface area contributed by atoms with Crippen LogP contribution in [0.2, 0.25) is 0 Å². The van der Waals surface area contributed by atoms with Gasteiger partial charge >= 0.3 is 13.4 Å². The number of nitrogen functional groups attached to an aromatic ring is 1. The molecule has 0 aliphatic heterocycles. The Balaban J connectivity index is 1.40. The van der Waals surface area contributed by atoms with Gasteiger partial charge in [0.25, 0.3) is 0 Å². The van der Waals surface area contributed by atoms with Crippen molar-refractivity contribution in [3.8, 4) is 5.75 Å². The smallest absolute Gasteiger partial charge is 0.413 e. The summed E-state index contributed by atoms with van der Waals surface area (Å²) in [5, 5.41) is 26.5. The second-order valence-corrected chi connectivity index (χ2v) is 13.6. The van der Waals surface area contributed by atoms with E-state index in [1.807, 2.05) is 6.08 Å². The SMILES string of the molecule is CCC=CCC=CCC=CCC=CCC=CCCCC(=O)NCCNP(=O)(OCC1=C(F)C(n2ccc(N)nc2=O)C(O)C1O)Oc1ccccc1. The highest BCUT2D eigenvalue weighted by Gasteiger charge is 2.44. The molecule has 12 nitrogen and oxygen atoms in total. The molecular weight excluding hydrogens is 688 g/mol. The number of nitrogens with one attached hydrogen (secondary N) is 2. The average molecular weight is 740 g/mol. The molecule has 52 heavy (non-hydrogen) atoms. The van der Waals surface area contributed by atoms with Crippen molar-refractivity contribution in [3.63, 3.8) is 0 Å². The molecule has 0 saturated carbocycles. The highest BCUT2D eigenvalue weighted by atomic mass is 31.2. The normalized spacial score (nSPS) is 19.2. The summed E-state index contributed by atoms with van der Waals surface area (Å²) in [5.41, 5.74) is 4.16. The molecule has 4 atom stereocenters. The zero-order chi connectivity index (χ0) is 37.6. The van der Waals surface area contributed by atoms with Crippen LogP contribution in [0.3, 0.4) is 0 Å². The van der Waals surface area contributed by atoms with Crippen LogP contribution in [0, 0.1) is 0 Å². The molecule has 14 heteroatoms. The molecule has 0 fully saturated rings. The molecule has 1 aliphatic rings. The lowest BCUT2D eigenvalue weighted by molar-refractivity contribution is -0.121. The number of hydrogen-bond acceptors (Lipinski definition) is 9. The highest BCUT2D eigenvalue weighted by Crippen LogP contribution is 2.46. The molecule has 0 radical (unpaired) electrons. The van der Waals surface area contributed by atoms with Gasteiger partial charge in [-0.2, -0.15) is 4.98 Å². The summed E-state index contributed by atoms with van der Waals surface area (Å²) in [4.78, 5) is 28.2. The number of allylic oxidation sites excluding steroid dienone is 10. The van der Waals surface area contributed by atoms with Crippen molar-refractivity contribution < 1.29 is 33.0 Å². The standard InChI is InChI=1S/C38H51FN5O7P/c1-2-3-4-5-6-7-8-9-10-11-12-13-14-15-16-17-21-24-33(45)41-26-27-42-52(49,51-30-22-19-18-20-23-30)50-29-31-34(39)35(37(47)36(31)46)44-28-25-32(40)43-38(44)48/h3-4,6-7,9-10,12-13,15-16,18-20,22-23,25,28,35-37,46-47H,2,5,8,11,14,17,21,24,26-27,29H2,1H3,(H,41,45)(H,42,49)(H2,40,43,48). The van der Waals surface area contributed by atoms with Crippen molar-refractivity contribution in [2.45, 2.75) is 76.5 Å². The Morgan fingerprint density at radius 2 is 1.58 bits per heavy atom. The number of aliphatic hydroxyl groups excluding tert-OH is 2. The van der Waals surface area contributed by atoms with Crippen molar-refractivity contribution in [2.24, 2.45) is 0 Å². The van der Waals surface area contributed by atoms with E-state index in [4.69, 9.17) is 14.8 Å². The van der Waals surface area contributed by atoms with Gasteiger partial charge in [0, 0.05) is 31.3 Å². The van der Waals surface area contributed by atoms with E-state index in [0.717, 1.165) is 49.3 Å². The summed E-state index contributed by atoms with van der Waals surface area (Å²) in [6, 6.07) is 7.78. The summed E-state index contributed by atoms with van der Waals surface area (Å²) in [6.07, 6.45) is 25.4. The predicted molar refractivity (Wildman–Crippen MR) is 202 cm³/mol. The fourth-order valence-electron chi connectivity index (χ4n) is 5.05. The number of nitrogens with two attached hydrogens (primary N) is 1. The highest BCUT2D eigenvalue weighted by molar-refractivity contribution is 7.52. The van der Waals surface area contributed by atoms with E-state index >= 15 is 4.39 Å². The fraction of sp³-hybridized carbons (Fsp3) is 0.395. The van der Waals surface area contributed by atoms with Crippen LogP contribution in [0.4, 0.5) is 10.2 Å². The van der Waals surface area contributed by atoms with Crippen LogP contribution in [-0.2, 0) is 13.9 Å². The monoisotopic (exact) mass is 739 g/mol. The van der Waals surface area contributed by atoms with Gasteiger partial charge in [-0.15, -0.1) is 0 Å². The number of nitrogens with zero attached hydrogens (tertiary/aromatic N) is 2. The van der Waals surface area contributed by atoms with Crippen molar-refractivity contribution in [3.05, 3.63) is 125 Å². The molecule has 0 spiro atoms. The second-order valence-electron chi connectivity index (χ2n) is 11.8. The number of anilines is 1. The molecule has 2 aromatic rings. The Hall–Kier alpha value is -4.39. The number of halogens is 1. The molecule has 4 unspecified atom stereocenters. The van der Waals surface area contributed by atoms with Gasteiger partial charge in [0.05, 0.1) is 6.61 Å². The third kappa shape index (κ3) is 14.7. The Kier molecular flexibility index (Phi) is 18.8. The number of benzene rings is 1. The maximum absolute atomic E-state index is 15.5. The lowest BCUT2D eigenvalue weighted by atomic mass is 10.1. The molecule has 1 aliphatic carbocycles.